The molecule has 1 atom stereocenters. The van der Waals surface area contributed by atoms with E-state index in [1.165, 1.54) is 33.5 Å². The molecule has 0 saturated carbocycles. The number of amides is 1. The molecule has 0 aromatic heterocycles. The smallest absolute Gasteiger partial charge is 0.331 e. The van der Waals surface area contributed by atoms with Crippen LogP contribution in [0.1, 0.15) is 24.1 Å². The Morgan fingerprint density at radius 3 is 2.17 bits per heavy atom. The van der Waals surface area contributed by atoms with Gasteiger partial charge >= 0.3 is 5.97 Å². The Morgan fingerprint density at radius 2 is 1.63 bits per heavy atom. The number of hydrogen-bond donors (Lipinski definition) is 1. The molecule has 8 heteroatoms. The van der Waals surface area contributed by atoms with E-state index in [4.69, 9.17) is 18.9 Å². The number of halogens is 1. The van der Waals surface area contributed by atoms with Crippen molar-refractivity contribution in [3.05, 3.63) is 58.1 Å². The molecule has 2 aromatic carbocycles. The monoisotopic (exact) mass is 477 g/mol. The molecule has 1 unspecified atom stereocenters. The quantitative estimate of drug-likeness (QED) is 0.435. The van der Waals surface area contributed by atoms with Gasteiger partial charge in [-0.3, -0.25) is 4.79 Å². The zero-order chi connectivity index (χ0) is 22.1. The molecular weight excluding hydrogens is 454 g/mol. The third kappa shape index (κ3) is 6.52. The number of carbonyl (C=O) groups excluding carboxylic acids is 2. The molecule has 0 fully saturated rings. The molecule has 160 valence electrons. The lowest BCUT2D eigenvalue weighted by Crippen LogP contribution is -2.30. The molecule has 0 aliphatic carbocycles. The van der Waals surface area contributed by atoms with Gasteiger partial charge in [0.1, 0.15) is 0 Å². The molecule has 2 rings (SSSR count). The van der Waals surface area contributed by atoms with Gasteiger partial charge in [0.2, 0.25) is 5.75 Å². The molecule has 0 radical (unpaired) electrons. The van der Waals surface area contributed by atoms with E-state index in [-0.39, 0.29) is 18.6 Å². The fourth-order valence-electron chi connectivity index (χ4n) is 2.66. The van der Waals surface area contributed by atoms with E-state index in [1.807, 2.05) is 31.2 Å². The predicted molar refractivity (Wildman–Crippen MR) is 117 cm³/mol. The summed E-state index contributed by atoms with van der Waals surface area (Å²) in [5.41, 5.74) is 1.59. The van der Waals surface area contributed by atoms with Crippen LogP contribution < -0.4 is 19.5 Å². The van der Waals surface area contributed by atoms with Crippen LogP contribution in [0.15, 0.2) is 46.9 Å². The van der Waals surface area contributed by atoms with Gasteiger partial charge in [-0.25, -0.2) is 4.79 Å². The molecule has 0 bridgehead atoms. The molecule has 7 nitrogen and oxygen atoms in total. The highest BCUT2D eigenvalue weighted by Gasteiger charge is 2.13. The molecule has 0 heterocycles. The topological polar surface area (TPSA) is 83.1 Å². The second-order valence-electron chi connectivity index (χ2n) is 6.24. The molecule has 0 aliphatic rings. The summed E-state index contributed by atoms with van der Waals surface area (Å²) >= 11 is 3.37. The van der Waals surface area contributed by atoms with E-state index in [1.54, 1.807) is 12.1 Å². The van der Waals surface area contributed by atoms with E-state index in [0.29, 0.717) is 22.8 Å². The van der Waals surface area contributed by atoms with Crippen molar-refractivity contribution < 1.29 is 28.5 Å². The van der Waals surface area contributed by atoms with Gasteiger partial charge in [0, 0.05) is 10.5 Å². The molecule has 30 heavy (non-hydrogen) atoms. The second-order valence-corrected chi connectivity index (χ2v) is 7.16. The number of carbonyl (C=O) groups is 2. The van der Waals surface area contributed by atoms with Crippen LogP contribution in [0.3, 0.4) is 0 Å². The van der Waals surface area contributed by atoms with E-state index < -0.39 is 5.97 Å². The Balaban J connectivity index is 1.91. The second kappa shape index (κ2) is 11.3. The zero-order valence-corrected chi connectivity index (χ0v) is 18.8. The number of rotatable bonds is 9. The third-order valence-electron chi connectivity index (χ3n) is 4.19. The summed E-state index contributed by atoms with van der Waals surface area (Å²) in [4.78, 5) is 24.0. The van der Waals surface area contributed by atoms with Crippen LogP contribution in [0.25, 0.3) is 6.08 Å². The molecule has 1 amide bonds. The minimum Gasteiger partial charge on any atom is -0.493 e. The lowest BCUT2D eigenvalue weighted by atomic mass is 10.1. The first-order valence-electron chi connectivity index (χ1n) is 9.07. The Kier molecular flexibility index (Phi) is 8.73. The van der Waals surface area contributed by atoms with Crippen LogP contribution in [0.4, 0.5) is 0 Å². The molecule has 0 saturated heterocycles. The van der Waals surface area contributed by atoms with Crippen LogP contribution in [0.5, 0.6) is 17.2 Å². The minimum absolute atomic E-state index is 0.209. The van der Waals surface area contributed by atoms with Crippen molar-refractivity contribution in [2.75, 3.05) is 27.9 Å². The summed E-state index contributed by atoms with van der Waals surface area (Å²) in [5.74, 6) is 0.351. The maximum atomic E-state index is 12.0. The maximum Gasteiger partial charge on any atom is 0.331 e. The number of benzene rings is 2. The average molecular weight is 478 g/mol. The lowest BCUT2D eigenvalue weighted by Gasteiger charge is -2.14. The number of methoxy groups -OCH3 is 3. The SMILES string of the molecule is COc1cc(/C=C/C(=O)OCC(=O)NC(C)c2ccc(Br)cc2)cc(OC)c1OC. The molecule has 2 aromatic rings. The van der Waals surface area contributed by atoms with Gasteiger partial charge in [-0.05, 0) is 48.4 Å². The first kappa shape index (κ1) is 23.3. The van der Waals surface area contributed by atoms with Crippen LogP contribution in [0, 0.1) is 0 Å². The Morgan fingerprint density at radius 1 is 1.03 bits per heavy atom. The number of nitrogens with one attached hydrogen (secondary N) is 1. The first-order chi connectivity index (χ1) is 14.4. The molecular formula is C22H24BrNO6. The van der Waals surface area contributed by atoms with Crippen molar-refractivity contribution in [1.29, 1.82) is 0 Å². The summed E-state index contributed by atoms with van der Waals surface area (Å²) < 4.78 is 21.8. The zero-order valence-electron chi connectivity index (χ0n) is 17.2. The van der Waals surface area contributed by atoms with Gasteiger partial charge in [0.15, 0.2) is 18.1 Å². The highest BCUT2D eigenvalue weighted by atomic mass is 79.9. The standard InChI is InChI=1S/C22H24BrNO6/c1-14(16-6-8-17(23)9-7-16)24-20(25)13-30-21(26)10-5-15-11-18(27-2)22(29-4)19(12-15)28-3/h5-12,14H,13H2,1-4H3,(H,24,25)/b10-5+. The third-order valence-corrected chi connectivity index (χ3v) is 4.72. The lowest BCUT2D eigenvalue weighted by molar-refractivity contribution is -0.144. The van der Waals surface area contributed by atoms with E-state index in [0.717, 1.165) is 10.0 Å². The molecule has 1 N–H and O–H groups in total. The van der Waals surface area contributed by atoms with E-state index in [2.05, 4.69) is 21.2 Å². The number of esters is 1. The fourth-order valence-corrected chi connectivity index (χ4v) is 2.93. The van der Waals surface area contributed by atoms with Crippen molar-refractivity contribution in [3.63, 3.8) is 0 Å². The van der Waals surface area contributed by atoms with Gasteiger partial charge in [0.05, 0.1) is 27.4 Å². The van der Waals surface area contributed by atoms with Crippen LogP contribution in [0.2, 0.25) is 0 Å². The van der Waals surface area contributed by atoms with Gasteiger partial charge < -0.3 is 24.3 Å². The van der Waals surface area contributed by atoms with Crippen molar-refractivity contribution in [3.8, 4) is 17.2 Å². The average Bonchev–Trinajstić information content (AvgIpc) is 2.75. The van der Waals surface area contributed by atoms with E-state index in [9.17, 15) is 9.59 Å². The Hall–Kier alpha value is -3.00. The summed E-state index contributed by atoms with van der Waals surface area (Å²) in [5, 5.41) is 2.79. The summed E-state index contributed by atoms with van der Waals surface area (Å²) in [6.45, 7) is 1.48. The van der Waals surface area contributed by atoms with Gasteiger partial charge in [-0.1, -0.05) is 28.1 Å². The van der Waals surface area contributed by atoms with Crippen LogP contribution in [-0.2, 0) is 14.3 Å². The number of hydrogen-bond acceptors (Lipinski definition) is 6. The first-order valence-corrected chi connectivity index (χ1v) is 9.87. The highest BCUT2D eigenvalue weighted by Crippen LogP contribution is 2.38. The van der Waals surface area contributed by atoms with Gasteiger partial charge in [0.25, 0.3) is 5.91 Å². The Labute approximate surface area is 184 Å². The van der Waals surface area contributed by atoms with E-state index >= 15 is 0 Å². The largest absolute Gasteiger partial charge is 0.493 e. The summed E-state index contributed by atoms with van der Waals surface area (Å²) in [7, 11) is 4.52. The van der Waals surface area contributed by atoms with Crippen LogP contribution in [-0.4, -0.2) is 39.8 Å². The molecule has 0 spiro atoms. The van der Waals surface area contributed by atoms with Crippen molar-refractivity contribution in [2.24, 2.45) is 0 Å². The Bertz CT molecular complexity index is 885. The van der Waals surface area contributed by atoms with Crippen molar-refractivity contribution >= 4 is 33.9 Å². The number of ether oxygens (including phenoxy) is 4. The normalized spacial score (nSPS) is 11.6. The van der Waals surface area contributed by atoms with Crippen molar-refractivity contribution in [2.45, 2.75) is 13.0 Å². The maximum absolute atomic E-state index is 12.0. The van der Waals surface area contributed by atoms with Gasteiger partial charge in [-0.15, -0.1) is 0 Å². The summed E-state index contributed by atoms with van der Waals surface area (Å²) in [6, 6.07) is 10.8. The molecule has 0 aliphatic heterocycles. The fraction of sp³-hybridized carbons (Fsp3) is 0.273. The minimum atomic E-state index is -0.643. The van der Waals surface area contributed by atoms with Crippen LogP contribution >= 0.6 is 15.9 Å². The highest BCUT2D eigenvalue weighted by molar-refractivity contribution is 9.10. The predicted octanol–water partition coefficient (Wildman–Crippen LogP) is 3.91. The summed E-state index contributed by atoms with van der Waals surface area (Å²) in [6.07, 6.45) is 2.77. The van der Waals surface area contributed by atoms with Gasteiger partial charge in [-0.2, -0.15) is 0 Å². The van der Waals surface area contributed by atoms with Crippen molar-refractivity contribution in [1.82, 2.24) is 5.32 Å².